The van der Waals surface area contributed by atoms with Gasteiger partial charge in [0.2, 0.25) is 5.69 Å². The topological polar surface area (TPSA) is 52.5 Å². The Bertz CT molecular complexity index is 341. The van der Waals surface area contributed by atoms with E-state index in [4.69, 9.17) is 17.0 Å². The third-order valence-electron chi connectivity index (χ3n) is 1.48. The van der Waals surface area contributed by atoms with Crippen LogP contribution in [0.1, 0.15) is 5.69 Å². The van der Waals surface area contributed by atoms with E-state index in [2.05, 4.69) is 9.83 Å². The third-order valence-corrected chi connectivity index (χ3v) is 1.48. The molecule has 0 spiro atoms. The van der Waals surface area contributed by atoms with Gasteiger partial charge in [-0.15, -0.1) is 0 Å². The van der Waals surface area contributed by atoms with E-state index in [1.807, 2.05) is 0 Å². The summed E-state index contributed by atoms with van der Waals surface area (Å²) in [6, 6.07) is 1.54. The molecular weight excluding hydrogens is 154 g/mol. The van der Waals surface area contributed by atoms with E-state index in [1.165, 1.54) is 7.11 Å². The summed E-state index contributed by atoms with van der Waals surface area (Å²) in [5.74, 6) is 0.853. The molecule has 1 aromatic heterocycles. The largest absolute Gasteiger partial charge is 0.508 e. The van der Waals surface area contributed by atoms with Gasteiger partial charge in [0.05, 0.1) is 19.4 Å². The number of nitrogens with zero attached hydrogens (tertiary/aromatic N) is 2. The molecule has 0 fully saturated rings. The second-order valence-electron chi connectivity index (χ2n) is 2.30. The second-order valence-corrected chi connectivity index (χ2v) is 2.30. The van der Waals surface area contributed by atoms with Crippen molar-refractivity contribution in [1.29, 1.82) is 0 Å². The minimum atomic E-state index is 0.372. The zero-order chi connectivity index (χ0) is 9.14. The van der Waals surface area contributed by atoms with Gasteiger partial charge in [-0.1, -0.05) is 0 Å². The molecule has 4 heteroatoms. The number of pyridine rings is 1. The summed E-state index contributed by atoms with van der Waals surface area (Å²) in [6.45, 7) is 8.59. The van der Waals surface area contributed by atoms with Crippen molar-refractivity contribution in [2.45, 2.75) is 6.92 Å². The molecule has 2 N–H and O–H groups in total. The van der Waals surface area contributed by atoms with Crippen LogP contribution >= 0.6 is 0 Å². The van der Waals surface area contributed by atoms with Gasteiger partial charge in [0.1, 0.15) is 11.6 Å². The smallest absolute Gasteiger partial charge is 0.248 e. The van der Waals surface area contributed by atoms with Crippen molar-refractivity contribution in [3.63, 3.8) is 0 Å². The van der Waals surface area contributed by atoms with E-state index in [0.717, 1.165) is 0 Å². The number of nitrogens with two attached hydrogens (primary N) is 1. The van der Waals surface area contributed by atoms with Crippen molar-refractivity contribution >= 4 is 11.5 Å². The maximum atomic E-state index is 6.86. The molecule has 62 valence electrons. The Morgan fingerprint density at radius 2 is 2.33 bits per heavy atom. The lowest BCUT2D eigenvalue weighted by Gasteiger charge is -2.05. The summed E-state index contributed by atoms with van der Waals surface area (Å²) in [5, 5.41) is 0. The van der Waals surface area contributed by atoms with Crippen molar-refractivity contribution in [3.05, 3.63) is 23.2 Å². The van der Waals surface area contributed by atoms with E-state index in [-0.39, 0.29) is 0 Å². The lowest BCUT2D eigenvalue weighted by atomic mass is 10.3. The Hall–Kier alpha value is -1.76. The van der Waals surface area contributed by atoms with Gasteiger partial charge in [0.15, 0.2) is 0 Å². The highest BCUT2D eigenvalue weighted by atomic mass is 16.5. The van der Waals surface area contributed by atoms with Crippen LogP contribution in [0, 0.1) is 13.5 Å². The maximum Gasteiger partial charge on any atom is 0.248 e. The van der Waals surface area contributed by atoms with Crippen LogP contribution in [0.4, 0.5) is 11.5 Å². The number of ether oxygens (including phenoxy) is 1. The average Bonchev–Trinajstić information content (AvgIpc) is 2.03. The molecule has 0 aliphatic rings. The molecule has 1 aromatic rings. The van der Waals surface area contributed by atoms with Crippen molar-refractivity contribution in [3.8, 4) is 5.75 Å². The SMILES string of the molecule is [C-]#[N+]c1c(OC)cc(N)nc1C. The Labute approximate surface area is 70.8 Å². The molecule has 0 saturated heterocycles. The molecule has 0 aliphatic heterocycles. The van der Waals surface area contributed by atoms with Gasteiger partial charge < -0.3 is 10.5 Å². The summed E-state index contributed by atoms with van der Waals surface area (Å²) in [4.78, 5) is 7.23. The first-order valence-corrected chi connectivity index (χ1v) is 3.37. The predicted octanol–water partition coefficient (Wildman–Crippen LogP) is 1.53. The van der Waals surface area contributed by atoms with Crippen LogP contribution in [-0.4, -0.2) is 12.1 Å². The Morgan fingerprint density at radius 1 is 1.67 bits per heavy atom. The lowest BCUT2D eigenvalue weighted by molar-refractivity contribution is 0.417. The lowest BCUT2D eigenvalue weighted by Crippen LogP contribution is -1.94. The van der Waals surface area contributed by atoms with Gasteiger partial charge in [-0.2, -0.15) is 0 Å². The first-order chi connectivity index (χ1) is 5.69. The zero-order valence-corrected chi connectivity index (χ0v) is 6.96. The molecule has 0 aliphatic carbocycles. The molecule has 4 nitrogen and oxygen atoms in total. The van der Waals surface area contributed by atoms with Crippen LogP contribution in [-0.2, 0) is 0 Å². The van der Waals surface area contributed by atoms with E-state index in [1.54, 1.807) is 13.0 Å². The number of aryl methyl sites for hydroxylation is 1. The molecule has 0 aromatic carbocycles. The van der Waals surface area contributed by atoms with Crippen molar-refractivity contribution in [2.75, 3.05) is 12.8 Å². The number of anilines is 1. The Balaban J connectivity index is 3.36. The molecule has 0 radical (unpaired) electrons. The molecule has 0 atom stereocenters. The van der Waals surface area contributed by atoms with Gasteiger partial charge in [0, 0.05) is 6.07 Å². The van der Waals surface area contributed by atoms with E-state index in [0.29, 0.717) is 22.9 Å². The number of aromatic nitrogens is 1. The first kappa shape index (κ1) is 8.34. The second kappa shape index (κ2) is 3.09. The summed E-state index contributed by atoms with van der Waals surface area (Å²) < 4.78 is 4.96. The quantitative estimate of drug-likeness (QED) is 0.639. The predicted molar refractivity (Wildman–Crippen MR) is 46.2 cm³/mol. The van der Waals surface area contributed by atoms with Crippen LogP contribution in [0.25, 0.3) is 4.85 Å². The molecular formula is C8H9N3O. The number of hydrogen-bond acceptors (Lipinski definition) is 3. The summed E-state index contributed by atoms with van der Waals surface area (Å²) in [7, 11) is 1.50. The highest BCUT2D eigenvalue weighted by Gasteiger charge is 2.08. The fourth-order valence-electron chi connectivity index (χ4n) is 0.951. The van der Waals surface area contributed by atoms with Crippen molar-refractivity contribution in [2.24, 2.45) is 0 Å². The number of nitrogen functional groups attached to an aromatic ring is 1. The highest BCUT2D eigenvalue weighted by Crippen LogP contribution is 2.31. The van der Waals surface area contributed by atoms with Crippen LogP contribution in [0.3, 0.4) is 0 Å². The van der Waals surface area contributed by atoms with E-state index < -0.39 is 0 Å². The summed E-state index contributed by atoms with van der Waals surface area (Å²) in [6.07, 6.45) is 0. The molecule has 0 saturated carbocycles. The van der Waals surface area contributed by atoms with Crippen LogP contribution in [0.15, 0.2) is 6.07 Å². The van der Waals surface area contributed by atoms with Gasteiger partial charge in [-0.05, 0) is 6.92 Å². The van der Waals surface area contributed by atoms with Crippen LogP contribution in [0.5, 0.6) is 5.75 Å². The minimum absolute atomic E-state index is 0.372. The van der Waals surface area contributed by atoms with Gasteiger partial charge in [0.25, 0.3) is 0 Å². The molecule has 1 heterocycles. The van der Waals surface area contributed by atoms with Crippen LogP contribution < -0.4 is 10.5 Å². The Morgan fingerprint density at radius 3 is 2.83 bits per heavy atom. The fraction of sp³-hybridized carbons (Fsp3) is 0.250. The third kappa shape index (κ3) is 1.30. The molecule has 0 amide bonds. The van der Waals surface area contributed by atoms with Crippen molar-refractivity contribution in [1.82, 2.24) is 4.98 Å². The summed E-state index contributed by atoms with van der Waals surface area (Å²) in [5.41, 5.74) is 6.49. The zero-order valence-electron chi connectivity index (χ0n) is 6.96. The number of methoxy groups -OCH3 is 1. The molecule has 0 bridgehead atoms. The van der Waals surface area contributed by atoms with Crippen molar-refractivity contribution < 1.29 is 4.74 Å². The molecule has 0 unspecified atom stereocenters. The normalized spacial score (nSPS) is 9.08. The van der Waals surface area contributed by atoms with Gasteiger partial charge in [-0.25, -0.2) is 9.83 Å². The van der Waals surface area contributed by atoms with E-state index in [9.17, 15) is 0 Å². The van der Waals surface area contributed by atoms with Gasteiger partial charge >= 0.3 is 0 Å². The average molecular weight is 163 g/mol. The van der Waals surface area contributed by atoms with E-state index >= 15 is 0 Å². The standard InChI is InChI=1S/C8H9N3O/c1-5-8(10-2)6(12-3)4-7(9)11-5/h4H,1,3H3,(H2,9,11). The highest BCUT2D eigenvalue weighted by molar-refractivity contribution is 5.63. The number of hydrogen-bond donors (Lipinski definition) is 1. The monoisotopic (exact) mass is 163 g/mol. The van der Waals surface area contributed by atoms with Gasteiger partial charge in [-0.3, -0.25) is 0 Å². The Kier molecular flexibility index (Phi) is 2.15. The maximum absolute atomic E-state index is 6.86. The van der Waals surface area contributed by atoms with Crippen LogP contribution in [0.2, 0.25) is 0 Å². The molecule has 12 heavy (non-hydrogen) atoms. The first-order valence-electron chi connectivity index (χ1n) is 3.37. The molecule has 1 rings (SSSR count). The fourth-order valence-corrected chi connectivity index (χ4v) is 0.951. The minimum Gasteiger partial charge on any atom is -0.508 e. The number of rotatable bonds is 1. The summed E-state index contributed by atoms with van der Waals surface area (Å²) >= 11 is 0.